The summed E-state index contributed by atoms with van der Waals surface area (Å²) in [5.41, 5.74) is 1.79. The third-order valence-electron chi connectivity index (χ3n) is 4.68. The van der Waals surface area contributed by atoms with Gasteiger partial charge in [-0.1, -0.05) is 12.1 Å². The van der Waals surface area contributed by atoms with Crippen LogP contribution in [0.25, 0.3) is 5.69 Å². The molecule has 2 heterocycles. The second-order valence-electron chi connectivity index (χ2n) is 6.71. The highest BCUT2D eigenvalue weighted by Crippen LogP contribution is 2.26. The van der Waals surface area contributed by atoms with Crippen molar-refractivity contribution in [1.29, 1.82) is 0 Å². The highest BCUT2D eigenvalue weighted by molar-refractivity contribution is 7.86. The molecule has 0 spiro atoms. The van der Waals surface area contributed by atoms with Crippen molar-refractivity contribution in [3.8, 4) is 5.69 Å². The fourth-order valence-corrected chi connectivity index (χ4v) is 4.84. The van der Waals surface area contributed by atoms with Crippen LogP contribution in [-0.4, -0.2) is 64.1 Å². The van der Waals surface area contributed by atoms with Gasteiger partial charge in [-0.3, -0.25) is 0 Å². The molecule has 9 heteroatoms. The van der Waals surface area contributed by atoms with Crippen molar-refractivity contribution < 1.29 is 13.2 Å². The minimum absolute atomic E-state index is 0.112. The Hall–Kier alpha value is -1.81. The van der Waals surface area contributed by atoms with Gasteiger partial charge in [-0.15, -0.1) is 0 Å². The van der Waals surface area contributed by atoms with Crippen LogP contribution >= 0.6 is 0 Å². The first kappa shape index (κ1) is 19.0. The van der Waals surface area contributed by atoms with Crippen molar-refractivity contribution >= 4 is 10.2 Å². The van der Waals surface area contributed by atoms with E-state index >= 15 is 0 Å². The van der Waals surface area contributed by atoms with Gasteiger partial charge < -0.3 is 4.74 Å². The number of benzene rings is 1. The largest absolute Gasteiger partial charge is 0.373 e. The molecule has 0 N–H and O–H groups in total. The summed E-state index contributed by atoms with van der Waals surface area (Å²) in [6, 6.07) is 7.34. The second-order valence-corrected chi connectivity index (χ2v) is 8.69. The average Bonchev–Trinajstić information content (AvgIpc) is 3.14. The predicted octanol–water partition coefficient (Wildman–Crippen LogP) is 1.61. The Morgan fingerprint density at radius 2 is 1.81 bits per heavy atom. The van der Waals surface area contributed by atoms with Crippen LogP contribution in [0.2, 0.25) is 0 Å². The van der Waals surface area contributed by atoms with Gasteiger partial charge in [0.15, 0.2) is 0 Å². The minimum Gasteiger partial charge on any atom is -0.373 e. The van der Waals surface area contributed by atoms with E-state index in [2.05, 4.69) is 10.1 Å². The third-order valence-corrected chi connectivity index (χ3v) is 6.68. The molecule has 2 aromatic rings. The smallest absolute Gasteiger partial charge is 0.282 e. The number of hydrogen-bond acceptors (Lipinski definition) is 5. The van der Waals surface area contributed by atoms with Crippen LogP contribution in [0.15, 0.2) is 36.9 Å². The van der Waals surface area contributed by atoms with Gasteiger partial charge in [0, 0.05) is 26.2 Å². The molecule has 8 nitrogen and oxygen atoms in total. The summed E-state index contributed by atoms with van der Waals surface area (Å²) in [5, 5.41) is 4.09. The SMILES string of the molecule is C[C@@H]1CN(S(=O)(=O)N(C)[C@H](C)c2ccc(-n3cncn3)cc2)C[C@@H](C)O1. The topological polar surface area (TPSA) is 80.6 Å². The molecule has 0 aliphatic carbocycles. The number of rotatable bonds is 5. The summed E-state index contributed by atoms with van der Waals surface area (Å²) >= 11 is 0. The molecule has 0 unspecified atom stereocenters. The highest BCUT2D eigenvalue weighted by atomic mass is 32.2. The maximum Gasteiger partial charge on any atom is 0.282 e. The predicted molar refractivity (Wildman–Crippen MR) is 98.0 cm³/mol. The van der Waals surface area contributed by atoms with E-state index in [1.807, 2.05) is 45.0 Å². The number of hydrogen-bond donors (Lipinski definition) is 0. The standard InChI is InChI=1S/C17H25N5O3S/c1-13-9-21(10-14(2)25-13)26(23,24)20(4)15(3)16-5-7-17(8-6-16)22-12-18-11-19-22/h5-8,11-15H,9-10H2,1-4H3/t13-,14-,15-/m1/s1. The fourth-order valence-electron chi connectivity index (χ4n) is 3.16. The van der Waals surface area contributed by atoms with E-state index in [0.29, 0.717) is 13.1 Å². The number of aromatic nitrogens is 3. The van der Waals surface area contributed by atoms with E-state index in [1.165, 1.54) is 14.9 Å². The Morgan fingerprint density at radius 1 is 1.19 bits per heavy atom. The van der Waals surface area contributed by atoms with Crippen LogP contribution in [-0.2, 0) is 14.9 Å². The molecular weight excluding hydrogens is 354 g/mol. The van der Waals surface area contributed by atoms with Gasteiger partial charge in [-0.25, -0.2) is 9.67 Å². The van der Waals surface area contributed by atoms with Crippen LogP contribution < -0.4 is 0 Å². The van der Waals surface area contributed by atoms with Crippen LogP contribution in [0, 0.1) is 0 Å². The van der Waals surface area contributed by atoms with E-state index < -0.39 is 10.2 Å². The van der Waals surface area contributed by atoms with Gasteiger partial charge in [0.25, 0.3) is 10.2 Å². The molecule has 0 amide bonds. The van der Waals surface area contributed by atoms with Crippen LogP contribution in [0.3, 0.4) is 0 Å². The molecule has 26 heavy (non-hydrogen) atoms. The zero-order valence-electron chi connectivity index (χ0n) is 15.5. The zero-order valence-corrected chi connectivity index (χ0v) is 16.3. The van der Waals surface area contributed by atoms with Gasteiger partial charge in [-0.2, -0.15) is 22.1 Å². The van der Waals surface area contributed by atoms with E-state index in [0.717, 1.165) is 11.3 Å². The first-order valence-corrected chi connectivity index (χ1v) is 10.0. The molecule has 1 saturated heterocycles. The molecule has 1 fully saturated rings. The first-order chi connectivity index (χ1) is 12.3. The fraction of sp³-hybridized carbons (Fsp3) is 0.529. The quantitative estimate of drug-likeness (QED) is 0.788. The summed E-state index contributed by atoms with van der Waals surface area (Å²) in [7, 11) is -1.95. The molecule has 1 aromatic heterocycles. The first-order valence-electron chi connectivity index (χ1n) is 8.62. The Labute approximate surface area is 154 Å². The number of nitrogens with zero attached hydrogens (tertiary/aromatic N) is 5. The van der Waals surface area contributed by atoms with Gasteiger partial charge in [-0.05, 0) is 38.5 Å². The number of ether oxygens (including phenoxy) is 1. The normalized spacial score (nSPS) is 23.3. The highest BCUT2D eigenvalue weighted by Gasteiger charge is 2.35. The van der Waals surface area contributed by atoms with Gasteiger partial charge in [0.1, 0.15) is 12.7 Å². The Kier molecular flexibility index (Phi) is 5.42. The summed E-state index contributed by atoms with van der Waals surface area (Å²) < 4.78 is 36.3. The Morgan fingerprint density at radius 3 is 2.35 bits per heavy atom. The molecule has 0 radical (unpaired) electrons. The van der Waals surface area contributed by atoms with Crippen molar-refractivity contribution in [3.63, 3.8) is 0 Å². The molecular formula is C17H25N5O3S. The lowest BCUT2D eigenvalue weighted by atomic mass is 10.1. The third kappa shape index (κ3) is 3.80. The second kappa shape index (κ2) is 7.43. The molecule has 1 aromatic carbocycles. The maximum atomic E-state index is 13.0. The minimum atomic E-state index is -3.57. The molecule has 3 atom stereocenters. The molecule has 0 saturated carbocycles. The van der Waals surface area contributed by atoms with E-state index in [9.17, 15) is 8.42 Å². The molecule has 3 rings (SSSR count). The average molecular weight is 379 g/mol. The zero-order chi connectivity index (χ0) is 18.9. The van der Waals surface area contributed by atoms with Crippen molar-refractivity contribution in [2.75, 3.05) is 20.1 Å². The lowest BCUT2D eigenvalue weighted by Crippen LogP contribution is -2.52. The van der Waals surface area contributed by atoms with Crippen molar-refractivity contribution in [2.24, 2.45) is 0 Å². The maximum absolute atomic E-state index is 13.0. The van der Waals surface area contributed by atoms with Crippen molar-refractivity contribution in [3.05, 3.63) is 42.5 Å². The Bertz CT molecular complexity index is 813. The lowest BCUT2D eigenvalue weighted by Gasteiger charge is -2.38. The van der Waals surface area contributed by atoms with Gasteiger partial charge in [0.2, 0.25) is 0 Å². The van der Waals surface area contributed by atoms with Crippen LogP contribution in [0.4, 0.5) is 0 Å². The summed E-state index contributed by atoms with van der Waals surface area (Å²) in [6.07, 6.45) is 2.87. The van der Waals surface area contributed by atoms with Crippen LogP contribution in [0.5, 0.6) is 0 Å². The number of morpholine rings is 1. The van der Waals surface area contributed by atoms with Crippen molar-refractivity contribution in [1.82, 2.24) is 23.4 Å². The van der Waals surface area contributed by atoms with Gasteiger partial charge >= 0.3 is 0 Å². The monoisotopic (exact) mass is 379 g/mol. The van der Waals surface area contributed by atoms with E-state index in [4.69, 9.17) is 4.74 Å². The van der Waals surface area contributed by atoms with Crippen molar-refractivity contribution in [2.45, 2.75) is 39.0 Å². The summed E-state index contributed by atoms with van der Waals surface area (Å²) in [6.45, 7) is 6.41. The molecule has 1 aliphatic heterocycles. The van der Waals surface area contributed by atoms with E-state index in [1.54, 1.807) is 18.1 Å². The summed E-state index contributed by atoms with van der Waals surface area (Å²) in [5.74, 6) is 0. The Balaban J connectivity index is 1.77. The van der Waals surface area contributed by atoms with Crippen LogP contribution in [0.1, 0.15) is 32.4 Å². The summed E-state index contributed by atoms with van der Waals surface area (Å²) in [4.78, 5) is 3.93. The lowest BCUT2D eigenvalue weighted by molar-refractivity contribution is -0.0455. The molecule has 142 valence electrons. The van der Waals surface area contributed by atoms with E-state index in [-0.39, 0.29) is 18.2 Å². The van der Waals surface area contributed by atoms with Gasteiger partial charge in [0.05, 0.1) is 17.9 Å². The molecule has 0 bridgehead atoms. The molecule has 1 aliphatic rings.